The molecule has 2 aromatic carbocycles. The molecular weight excluding hydrogens is 398 g/mol. The average molecular weight is 441 g/mol. The summed E-state index contributed by atoms with van der Waals surface area (Å²) in [6.45, 7) is 5.30. The molecule has 0 N–H and O–H groups in total. The van der Waals surface area contributed by atoms with Gasteiger partial charge in [0.05, 0.1) is 14.1 Å². The lowest BCUT2D eigenvalue weighted by Gasteiger charge is -2.29. The van der Waals surface area contributed by atoms with Crippen molar-refractivity contribution in [3.05, 3.63) is 65.7 Å². The van der Waals surface area contributed by atoms with Crippen molar-refractivity contribution in [2.24, 2.45) is 0 Å². The first-order chi connectivity index (χ1) is 15.4. The van der Waals surface area contributed by atoms with Gasteiger partial charge in [0.25, 0.3) is 0 Å². The van der Waals surface area contributed by atoms with E-state index in [0.717, 1.165) is 25.1 Å². The number of para-hydroxylation sites is 1. The van der Waals surface area contributed by atoms with Crippen LogP contribution in [0.3, 0.4) is 0 Å². The van der Waals surface area contributed by atoms with Crippen molar-refractivity contribution in [3.8, 4) is 5.75 Å². The predicted molar refractivity (Wildman–Crippen MR) is 131 cm³/mol. The van der Waals surface area contributed by atoms with Gasteiger partial charge < -0.3 is 14.0 Å². The van der Waals surface area contributed by atoms with Crippen molar-refractivity contribution in [1.82, 2.24) is 0 Å². The van der Waals surface area contributed by atoms with Gasteiger partial charge in [-0.15, -0.1) is 0 Å². The fourth-order valence-electron chi connectivity index (χ4n) is 3.92. The fourth-order valence-corrected chi connectivity index (χ4v) is 3.92. The summed E-state index contributed by atoms with van der Waals surface area (Å²) in [4.78, 5) is 12.7. The molecule has 2 rings (SSSR count). The topological polar surface area (TPSA) is 35.5 Å². The number of hydrogen-bond donors (Lipinski definition) is 0. The van der Waals surface area contributed by atoms with Crippen LogP contribution in [-0.2, 0) is 22.5 Å². The summed E-state index contributed by atoms with van der Waals surface area (Å²) in [6.07, 6.45) is 8.66. The standard InChI is InChI=1S/C28H42NO3/c1-5-7-8-9-10-14-19-25-20-15-16-21-26(25)31-28(6-2)32-27(30)23-29(3,4)22-24-17-12-11-13-18-24/h11-13,15-18,20-21,28H,5-10,14,19,22-23H2,1-4H3/q+1. The van der Waals surface area contributed by atoms with E-state index in [9.17, 15) is 4.79 Å². The summed E-state index contributed by atoms with van der Waals surface area (Å²) in [5.41, 5.74) is 2.40. The summed E-state index contributed by atoms with van der Waals surface area (Å²) < 4.78 is 12.4. The molecule has 0 saturated carbocycles. The Bertz CT molecular complexity index is 788. The Balaban J connectivity index is 1.86. The van der Waals surface area contributed by atoms with Crippen LogP contribution in [0.25, 0.3) is 0 Å². The molecule has 0 fully saturated rings. The third-order valence-corrected chi connectivity index (χ3v) is 5.64. The van der Waals surface area contributed by atoms with E-state index in [-0.39, 0.29) is 5.97 Å². The molecule has 0 aromatic heterocycles. The normalized spacial score (nSPS) is 12.4. The lowest BCUT2D eigenvalue weighted by atomic mass is 10.0. The molecule has 1 atom stereocenters. The number of nitrogens with zero attached hydrogens (tertiary/aromatic N) is 1. The number of benzene rings is 2. The second kappa shape index (κ2) is 13.9. The van der Waals surface area contributed by atoms with Crippen LogP contribution in [0.1, 0.15) is 69.9 Å². The van der Waals surface area contributed by atoms with Gasteiger partial charge in [-0.25, -0.2) is 4.79 Å². The first kappa shape index (κ1) is 25.9. The molecule has 176 valence electrons. The van der Waals surface area contributed by atoms with Crippen molar-refractivity contribution in [2.75, 3.05) is 20.6 Å². The van der Waals surface area contributed by atoms with Crippen molar-refractivity contribution in [1.29, 1.82) is 0 Å². The first-order valence-corrected chi connectivity index (χ1v) is 12.2. The Hall–Kier alpha value is -2.33. The Labute approximate surface area is 195 Å². The van der Waals surface area contributed by atoms with E-state index in [0.29, 0.717) is 17.4 Å². The van der Waals surface area contributed by atoms with Crippen LogP contribution in [0.5, 0.6) is 5.75 Å². The van der Waals surface area contributed by atoms with Crippen LogP contribution in [0, 0.1) is 0 Å². The van der Waals surface area contributed by atoms with Crippen LogP contribution < -0.4 is 4.74 Å². The lowest BCUT2D eigenvalue weighted by Crippen LogP contribution is -2.44. The fraction of sp³-hybridized carbons (Fsp3) is 0.536. The largest absolute Gasteiger partial charge is 0.455 e. The SMILES string of the molecule is CCCCCCCCc1ccccc1OC(CC)OC(=O)C[N+](C)(C)Cc1ccccc1. The molecule has 4 heteroatoms. The van der Waals surface area contributed by atoms with Crippen molar-refractivity contribution in [3.63, 3.8) is 0 Å². The lowest BCUT2D eigenvalue weighted by molar-refractivity contribution is -0.896. The minimum Gasteiger partial charge on any atom is -0.455 e. The van der Waals surface area contributed by atoms with Gasteiger partial charge in [0.1, 0.15) is 12.3 Å². The van der Waals surface area contributed by atoms with E-state index in [1.54, 1.807) is 0 Å². The van der Waals surface area contributed by atoms with Crippen molar-refractivity contribution >= 4 is 5.97 Å². The van der Waals surface area contributed by atoms with E-state index in [1.165, 1.54) is 43.2 Å². The van der Waals surface area contributed by atoms with Gasteiger partial charge in [-0.2, -0.15) is 0 Å². The van der Waals surface area contributed by atoms with E-state index in [2.05, 4.69) is 31.2 Å². The van der Waals surface area contributed by atoms with Gasteiger partial charge in [0.2, 0.25) is 6.29 Å². The molecule has 0 radical (unpaired) electrons. The second-order valence-corrected chi connectivity index (χ2v) is 9.31. The molecule has 0 spiro atoms. The minimum atomic E-state index is -0.565. The van der Waals surface area contributed by atoms with Crippen LogP contribution >= 0.6 is 0 Å². The van der Waals surface area contributed by atoms with Gasteiger partial charge in [0, 0.05) is 12.0 Å². The average Bonchev–Trinajstić information content (AvgIpc) is 2.76. The van der Waals surface area contributed by atoms with Crippen LogP contribution in [-0.4, -0.2) is 37.4 Å². The number of carbonyl (C=O) groups is 1. The van der Waals surface area contributed by atoms with E-state index < -0.39 is 6.29 Å². The summed E-state index contributed by atoms with van der Waals surface area (Å²) >= 11 is 0. The highest BCUT2D eigenvalue weighted by Crippen LogP contribution is 2.23. The Morgan fingerprint density at radius 2 is 1.53 bits per heavy atom. The van der Waals surface area contributed by atoms with E-state index in [4.69, 9.17) is 9.47 Å². The predicted octanol–water partition coefficient (Wildman–Crippen LogP) is 6.52. The number of unbranched alkanes of at least 4 members (excludes halogenated alkanes) is 5. The van der Waals surface area contributed by atoms with Crippen LogP contribution in [0.4, 0.5) is 0 Å². The number of aryl methyl sites for hydroxylation is 1. The van der Waals surface area contributed by atoms with Crippen molar-refractivity contribution < 1.29 is 18.8 Å². The highest BCUT2D eigenvalue weighted by atomic mass is 16.7. The molecular formula is C28H42NO3+. The van der Waals surface area contributed by atoms with Gasteiger partial charge in [-0.1, -0.05) is 94.5 Å². The zero-order chi connectivity index (χ0) is 23.2. The molecule has 0 heterocycles. The molecule has 4 nitrogen and oxygen atoms in total. The molecule has 0 aliphatic rings. The second-order valence-electron chi connectivity index (χ2n) is 9.31. The van der Waals surface area contributed by atoms with Gasteiger partial charge in [-0.05, 0) is 24.5 Å². The number of rotatable bonds is 15. The summed E-state index contributed by atoms with van der Waals surface area (Å²) in [7, 11) is 4.10. The van der Waals surface area contributed by atoms with Gasteiger partial charge in [-0.3, -0.25) is 0 Å². The third-order valence-electron chi connectivity index (χ3n) is 5.64. The number of likely N-dealkylation sites (N-methyl/N-ethyl adjacent to an activating group) is 1. The maximum Gasteiger partial charge on any atom is 0.364 e. The molecule has 0 bridgehead atoms. The van der Waals surface area contributed by atoms with E-state index >= 15 is 0 Å². The summed E-state index contributed by atoms with van der Waals surface area (Å²) in [5, 5.41) is 0. The Morgan fingerprint density at radius 3 is 2.25 bits per heavy atom. The zero-order valence-electron chi connectivity index (χ0n) is 20.5. The molecule has 0 amide bonds. The maximum absolute atomic E-state index is 12.7. The quantitative estimate of drug-likeness (QED) is 0.137. The minimum absolute atomic E-state index is 0.230. The van der Waals surface area contributed by atoms with Crippen LogP contribution in [0.2, 0.25) is 0 Å². The first-order valence-electron chi connectivity index (χ1n) is 12.2. The highest BCUT2D eigenvalue weighted by Gasteiger charge is 2.24. The highest BCUT2D eigenvalue weighted by molar-refractivity contribution is 5.70. The number of ether oxygens (including phenoxy) is 2. The van der Waals surface area contributed by atoms with Gasteiger partial charge >= 0.3 is 5.97 Å². The molecule has 0 aliphatic heterocycles. The van der Waals surface area contributed by atoms with Crippen molar-refractivity contribution in [2.45, 2.75) is 78.0 Å². The number of quaternary nitrogens is 1. The smallest absolute Gasteiger partial charge is 0.364 e. The number of hydrogen-bond acceptors (Lipinski definition) is 3. The number of esters is 1. The number of carbonyl (C=O) groups excluding carboxylic acids is 1. The third kappa shape index (κ3) is 9.86. The zero-order valence-corrected chi connectivity index (χ0v) is 20.5. The molecule has 32 heavy (non-hydrogen) atoms. The molecule has 0 saturated heterocycles. The Kier molecular flexibility index (Phi) is 11.3. The van der Waals surface area contributed by atoms with Crippen LogP contribution in [0.15, 0.2) is 54.6 Å². The maximum atomic E-state index is 12.7. The molecule has 2 aromatic rings. The van der Waals surface area contributed by atoms with E-state index in [1.807, 2.05) is 51.4 Å². The monoisotopic (exact) mass is 440 g/mol. The Morgan fingerprint density at radius 1 is 0.875 bits per heavy atom. The molecule has 0 aliphatic carbocycles. The molecule has 1 unspecified atom stereocenters. The summed E-state index contributed by atoms with van der Waals surface area (Å²) in [5.74, 6) is 0.602. The summed E-state index contributed by atoms with van der Waals surface area (Å²) in [6, 6.07) is 18.4. The van der Waals surface area contributed by atoms with Gasteiger partial charge in [0.15, 0.2) is 6.54 Å².